The Balaban J connectivity index is 1.88. The third-order valence-electron chi connectivity index (χ3n) is 3.60. The van der Waals surface area contributed by atoms with Crippen LogP contribution in [0.4, 0.5) is 10.5 Å². The van der Waals surface area contributed by atoms with Crippen LogP contribution in [0.2, 0.25) is 0 Å². The van der Waals surface area contributed by atoms with Gasteiger partial charge in [-0.15, -0.1) is 0 Å². The molecular weight excluding hydrogens is 310 g/mol. The molecule has 2 amide bonds. The summed E-state index contributed by atoms with van der Waals surface area (Å²) in [5.74, 6) is 0.221. The summed E-state index contributed by atoms with van der Waals surface area (Å²) in [5.41, 5.74) is 7.25. The van der Waals surface area contributed by atoms with Crippen LogP contribution in [0.15, 0.2) is 29.4 Å². The van der Waals surface area contributed by atoms with Crippen LogP contribution in [0, 0.1) is 0 Å². The summed E-state index contributed by atoms with van der Waals surface area (Å²) >= 11 is 0. The SMILES string of the molecule is CN(C)CCNC(=O)O/N=C(\N)c1ccc(N2CCCC2=O)cc1. The fourth-order valence-corrected chi connectivity index (χ4v) is 2.29. The number of anilines is 1. The molecule has 0 bridgehead atoms. The molecule has 0 radical (unpaired) electrons. The zero-order chi connectivity index (χ0) is 17.5. The highest BCUT2D eigenvalue weighted by Crippen LogP contribution is 2.21. The average Bonchev–Trinajstić information content (AvgIpc) is 2.98. The van der Waals surface area contributed by atoms with Crippen LogP contribution in [0.25, 0.3) is 0 Å². The van der Waals surface area contributed by atoms with Gasteiger partial charge < -0.3 is 20.9 Å². The zero-order valence-corrected chi connectivity index (χ0v) is 14.0. The first-order valence-electron chi connectivity index (χ1n) is 7.81. The van der Waals surface area contributed by atoms with Crippen molar-refractivity contribution < 1.29 is 14.4 Å². The number of carbonyl (C=O) groups is 2. The molecule has 1 saturated heterocycles. The number of hydrogen-bond donors (Lipinski definition) is 2. The molecule has 1 aliphatic heterocycles. The van der Waals surface area contributed by atoms with Crippen molar-refractivity contribution in [3.63, 3.8) is 0 Å². The number of rotatable bonds is 6. The van der Waals surface area contributed by atoms with E-state index < -0.39 is 6.09 Å². The van der Waals surface area contributed by atoms with Gasteiger partial charge in [0.1, 0.15) is 0 Å². The molecule has 1 aromatic rings. The van der Waals surface area contributed by atoms with Crippen molar-refractivity contribution in [2.75, 3.05) is 38.6 Å². The van der Waals surface area contributed by atoms with Gasteiger partial charge in [0.15, 0.2) is 5.84 Å². The highest BCUT2D eigenvalue weighted by atomic mass is 16.7. The van der Waals surface area contributed by atoms with E-state index in [4.69, 9.17) is 10.6 Å². The van der Waals surface area contributed by atoms with Crippen molar-refractivity contribution in [1.29, 1.82) is 0 Å². The van der Waals surface area contributed by atoms with Crippen LogP contribution in [0.1, 0.15) is 18.4 Å². The largest absolute Gasteiger partial charge is 0.433 e. The number of amides is 2. The first kappa shape index (κ1) is 17.7. The topological polar surface area (TPSA) is 100 Å². The Bertz CT molecular complexity index is 613. The Morgan fingerprint density at radius 3 is 2.67 bits per heavy atom. The van der Waals surface area contributed by atoms with Gasteiger partial charge in [-0.2, -0.15) is 0 Å². The molecule has 0 aromatic heterocycles. The Hall–Kier alpha value is -2.61. The Morgan fingerprint density at radius 2 is 2.08 bits per heavy atom. The first-order valence-corrected chi connectivity index (χ1v) is 7.81. The monoisotopic (exact) mass is 333 g/mol. The fourth-order valence-electron chi connectivity index (χ4n) is 2.29. The number of carbonyl (C=O) groups excluding carboxylic acids is 2. The molecule has 1 aliphatic rings. The van der Waals surface area contributed by atoms with Gasteiger partial charge in [0.2, 0.25) is 5.91 Å². The molecule has 0 unspecified atom stereocenters. The Kier molecular flexibility index (Phi) is 6.14. The second-order valence-electron chi connectivity index (χ2n) is 5.78. The molecular formula is C16H23N5O3. The average molecular weight is 333 g/mol. The number of amidine groups is 1. The highest BCUT2D eigenvalue weighted by Gasteiger charge is 2.21. The number of oxime groups is 1. The number of hydrogen-bond acceptors (Lipinski definition) is 5. The van der Waals surface area contributed by atoms with Crippen LogP contribution in [-0.2, 0) is 9.63 Å². The molecule has 0 atom stereocenters. The van der Waals surface area contributed by atoms with E-state index in [-0.39, 0.29) is 11.7 Å². The van der Waals surface area contributed by atoms with Crippen molar-refractivity contribution in [3.8, 4) is 0 Å². The number of benzene rings is 1. The minimum Gasteiger partial charge on any atom is -0.380 e. The lowest BCUT2D eigenvalue weighted by Gasteiger charge is -2.15. The molecule has 8 heteroatoms. The Morgan fingerprint density at radius 1 is 1.38 bits per heavy atom. The molecule has 1 aromatic carbocycles. The highest BCUT2D eigenvalue weighted by molar-refractivity contribution is 5.99. The molecule has 0 spiro atoms. The normalized spacial score (nSPS) is 15.0. The van der Waals surface area contributed by atoms with Crippen LogP contribution >= 0.6 is 0 Å². The molecule has 8 nitrogen and oxygen atoms in total. The predicted octanol–water partition coefficient (Wildman–Crippen LogP) is 0.722. The molecule has 3 N–H and O–H groups in total. The molecule has 2 rings (SSSR count). The lowest BCUT2D eigenvalue weighted by molar-refractivity contribution is -0.117. The molecule has 0 saturated carbocycles. The lowest BCUT2D eigenvalue weighted by Crippen LogP contribution is -2.31. The van der Waals surface area contributed by atoms with E-state index >= 15 is 0 Å². The molecule has 130 valence electrons. The first-order chi connectivity index (χ1) is 11.5. The third-order valence-corrected chi connectivity index (χ3v) is 3.60. The second kappa shape index (κ2) is 8.30. The zero-order valence-electron chi connectivity index (χ0n) is 14.0. The molecule has 1 heterocycles. The predicted molar refractivity (Wildman–Crippen MR) is 91.8 cm³/mol. The number of nitrogens with two attached hydrogens (primary N) is 1. The van der Waals surface area contributed by atoms with Crippen molar-refractivity contribution in [2.45, 2.75) is 12.8 Å². The van der Waals surface area contributed by atoms with Gasteiger partial charge in [0, 0.05) is 37.3 Å². The quantitative estimate of drug-likeness (QED) is 0.346. The van der Waals surface area contributed by atoms with Crippen LogP contribution in [0.3, 0.4) is 0 Å². The van der Waals surface area contributed by atoms with Crippen LogP contribution in [-0.4, -0.2) is 56.5 Å². The van der Waals surface area contributed by atoms with E-state index in [1.807, 2.05) is 19.0 Å². The van der Waals surface area contributed by atoms with Gasteiger partial charge in [-0.05, 0) is 44.8 Å². The maximum Gasteiger partial charge on any atom is 0.433 e. The summed E-state index contributed by atoms with van der Waals surface area (Å²) in [6.07, 6.45) is 0.808. The van der Waals surface area contributed by atoms with Crippen LogP contribution in [0.5, 0.6) is 0 Å². The van der Waals surface area contributed by atoms with Crippen LogP contribution < -0.4 is 16.0 Å². The standard InChI is InChI=1S/C16H23N5O3/c1-20(2)11-9-18-16(23)24-19-15(17)12-5-7-13(8-6-12)21-10-3-4-14(21)22/h5-8H,3-4,9-11H2,1-2H3,(H2,17,19)(H,18,23). The van der Waals surface area contributed by atoms with Crippen molar-refractivity contribution >= 4 is 23.5 Å². The second-order valence-corrected chi connectivity index (χ2v) is 5.78. The molecule has 0 aliphatic carbocycles. The van der Waals surface area contributed by atoms with Crippen molar-refractivity contribution in [3.05, 3.63) is 29.8 Å². The lowest BCUT2D eigenvalue weighted by atomic mass is 10.2. The summed E-state index contributed by atoms with van der Waals surface area (Å²) in [6, 6.07) is 7.09. The smallest absolute Gasteiger partial charge is 0.380 e. The van der Waals surface area contributed by atoms with E-state index in [0.29, 0.717) is 25.1 Å². The Labute approximate surface area is 141 Å². The van der Waals surface area contributed by atoms with Gasteiger partial charge in [-0.3, -0.25) is 9.63 Å². The van der Waals surface area contributed by atoms with E-state index in [1.54, 1.807) is 29.2 Å². The maximum absolute atomic E-state index is 11.7. The number of nitrogens with zero attached hydrogens (tertiary/aromatic N) is 3. The van der Waals surface area contributed by atoms with Gasteiger partial charge in [0.05, 0.1) is 0 Å². The van der Waals surface area contributed by atoms with Gasteiger partial charge >= 0.3 is 6.09 Å². The van der Waals surface area contributed by atoms with E-state index in [2.05, 4.69) is 10.5 Å². The van der Waals surface area contributed by atoms with Gasteiger partial charge in [0.25, 0.3) is 0 Å². The van der Waals surface area contributed by atoms with E-state index in [9.17, 15) is 9.59 Å². The third kappa shape index (κ3) is 4.95. The van der Waals surface area contributed by atoms with E-state index in [0.717, 1.165) is 18.7 Å². The summed E-state index contributed by atoms with van der Waals surface area (Å²) in [6.45, 7) is 1.89. The summed E-state index contributed by atoms with van der Waals surface area (Å²) in [5, 5.41) is 6.18. The van der Waals surface area contributed by atoms with Crippen molar-refractivity contribution in [1.82, 2.24) is 10.2 Å². The number of nitrogens with one attached hydrogen (secondary N) is 1. The fraction of sp³-hybridized carbons (Fsp3) is 0.438. The summed E-state index contributed by atoms with van der Waals surface area (Å²) in [4.78, 5) is 31.6. The van der Waals surface area contributed by atoms with Gasteiger partial charge in [-0.25, -0.2) is 4.79 Å². The van der Waals surface area contributed by atoms with E-state index in [1.165, 1.54) is 0 Å². The van der Waals surface area contributed by atoms with Gasteiger partial charge in [-0.1, -0.05) is 5.16 Å². The minimum absolute atomic E-state index is 0.0945. The van der Waals surface area contributed by atoms with Crippen molar-refractivity contribution in [2.24, 2.45) is 10.9 Å². The molecule has 24 heavy (non-hydrogen) atoms. The summed E-state index contributed by atoms with van der Waals surface area (Å²) < 4.78 is 0. The maximum atomic E-state index is 11.7. The summed E-state index contributed by atoms with van der Waals surface area (Å²) in [7, 11) is 3.81. The number of likely N-dealkylation sites (N-methyl/N-ethyl adjacent to an activating group) is 1. The molecule has 1 fully saturated rings. The minimum atomic E-state index is -0.654.